The van der Waals surface area contributed by atoms with Crippen molar-refractivity contribution in [2.45, 2.75) is 38.1 Å². The molecule has 0 aromatic carbocycles. The van der Waals surface area contributed by atoms with Crippen LogP contribution in [-0.2, 0) is 9.53 Å². The Morgan fingerprint density at radius 1 is 1.47 bits per heavy atom. The Morgan fingerprint density at radius 3 is 3.05 bits per heavy atom. The van der Waals surface area contributed by atoms with Crippen LogP contribution in [0.1, 0.15) is 43.8 Å². The molecular weight excluding hydrogens is 242 g/mol. The first-order valence-electron chi connectivity index (χ1n) is 7.21. The third-order valence-corrected chi connectivity index (χ3v) is 4.27. The van der Waals surface area contributed by atoms with Crippen LogP contribution in [0.2, 0.25) is 0 Å². The third kappa shape index (κ3) is 2.81. The highest BCUT2D eigenvalue weighted by Gasteiger charge is 2.31. The van der Waals surface area contributed by atoms with Gasteiger partial charge in [0.25, 0.3) is 0 Å². The average Bonchev–Trinajstić information content (AvgIpc) is 3.11. The van der Waals surface area contributed by atoms with Gasteiger partial charge in [0.2, 0.25) is 5.91 Å². The molecule has 1 atom stereocenters. The number of carbonyl (C=O) groups excluding carboxylic acids is 1. The first-order chi connectivity index (χ1) is 9.34. The lowest BCUT2D eigenvalue weighted by molar-refractivity contribution is -0.141. The maximum atomic E-state index is 12.5. The van der Waals surface area contributed by atoms with Crippen LogP contribution in [0.15, 0.2) is 12.3 Å². The third-order valence-electron chi connectivity index (χ3n) is 4.27. The largest absolute Gasteiger partial charge is 0.377 e. The van der Waals surface area contributed by atoms with Crippen LogP contribution in [0, 0.1) is 5.92 Å². The number of rotatable bonds is 3. The lowest BCUT2D eigenvalue weighted by Crippen LogP contribution is -2.44. The van der Waals surface area contributed by atoms with E-state index in [2.05, 4.69) is 10.2 Å². The minimum atomic E-state index is 0.00477. The Morgan fingerprint density at radius 2 is 2.32 bits per heavy atom. The van der Waals surface area contributed by atoms with E-state index < -0.39 is 0 Å². The van der Waals surface area contributed by atoms with E-state index in [0.29, 0.717) is 32.1 Å². The molecule has 2 fully saturated rings. The van der Waals surface area contributed by atoms with Gasteiger partial charge >= 0.3 is 0 Å². The number of hydrogen-bond donors (Lipinski definition) is 1. The van der Waals surface area contributed by atoms with Crippen molar-refractivity contribution in [1.82, 2.24) is 15.1 Å². The summed E-state index contributed by atoms with van der Waals surface area (Å²) >= 11 is 0. The fourth-order valence-electron chi connectivity index (χ4n) is 3.19. The van der Waals surface area contributed by atoms with E-state index in [1.807, 2.05) is 11.0 Å². The Labute approximate surface area is 113 Å². The van der Waals surface area contributed by atoms with Crippen LogP contribution < -0.4 is 0 Å². The van der Waals surface area contributed by atoms with Gasteiger partial charge in [0, 0.05) is 19.2 Å². The molecule has 1 amide bonds. The molecule has 1 saturated heterocycles. The Hall–Kier alpha value is -1.36. The molecule has 2 heterocycles. The van der Waals surface area contributed by atoms with E-state index in [9.17, 15) is 4.79 Å². The molecule has 3 rings (SSSR count). The van der Waals surface area contributed by atoms with Gasteiger partial charge in [-0.3, -0.25) is 9.89 Å². The first-order valence-corrected chi connectivity index (χ1v) is 7.21. The number of ether oxygens (including phenoxy) is 1. The molecule has 1 saturated carbocycles. The minimum Gasteiger partial charge on any atom is -0.377 e. The number of carbonyl (C=O) groups is 1. The maximum Gasteiger partial charge on any atom is 0.223 e. The number of nitrogens with zero attached hydrogens (tertiary/aromatic N) is 2. The molecular formula is C14H21N3O2. The molecule has 19 heavy (non-hydrogen) atoms. The summed E-state index contributed by atoms with van der Waals surface area (Å²) in [4.78, 5) is 14.5. The zero-order valence-corrected chi connectivity index (χ0v) is 11.2. The van der Waals surface area contributed by atoms with Crippen LogP contribution >= 0.6 is 0 Å². The summed E-state index contributed by atoms with van der Waals surface area (Å²) in [6.07, 6.45) is 7.42. The summed E-state index contributed by atoms with van der Waals surface area (Å²) in [6, 6.07) is 1.93. The second-order valence-electron chi connectivity index (χ2n) is 5.54. The smallest absolute Gasteiger partial charge is 0.223 e. The predicted octanol–water partition coefficient (Wildman–Crippen LogP) is 1.89. The lowest BCUT2D eigenvalue weighted by Gasteiger charge is -2.35. The standard InChI is InChI=1S/C14H21N3O2/c18-14(9-11-3-1-2-4-11)17-7-8-19-10-13(17)12-5-6-15-16-12/h5-6,11,13H,1-4,7-10H2,(H,15,16)/t13-/m0/s1. The van der Waals surface area contributed by atoms with Gasteiger partial charge in [0.15, 0.2) is 0 Å². The van der Waals surface area contributed by atoms with Crippen molar-refractivity contribution in [2.24, 2.45) is 5.92 Å². The summed E-state index contributed by atoms with van der Waals surface area (Å²) < 4.78 is 5.51. The van der Waals surface area contributed by atoms with Gasteiger partial charge in [-0.15, -0.1) is 0 Å². The molecule has 0 radical (unpaired) electrons. The molecule has 104 valence electrons. The van der Waals surface area contributed by atoms with Crippen LogP contribution in [0.3, 0.4) is 0 Å². The molecule has 0 bridgehead atoms. The number of morpholine rings is 1. The van der Waals surface area contributed by atoms with E-state index in [-0.39, 0.29) is 11.9 Å². The summed E-state index contributed by atoms with van der Waals surface area (Å²) in [5.74, 6) is 0.868. The van der Waals surface area contributed by atoms with Crippen LogP contribution in [0.5, 0.6) is 0 Å². The monoisotopic (exact) mass is 263 g/mol. The molecule has 5 nitrogen and oxygen atoms in total. The molecule has 5 heteroatoms. The Balaban J connectivity index is 1.67. The van der Waals surface area contributed by atoms with Gasteiger partial charge in [-0.1, -0.05) is 12.8 Å². The van der Waals surface area contributed by atoms with E-state index in [0.717, 1.165) is 5.69 Å². The van der Waals surface area contributed by atoms with Crippen molar-refractivity contribution < 1.29 is 9.53 Å². The lowest BCUT2D eigenvalue weighted by atomic mass is 10.0. The van der Waals surface area contributed by atoms with Gasteiger partial charge in [0.1, 0.15) is 0 Å². The van der Waals surface area contributed by atoms with Crippen LogP contribution in [0.4, 0.5) is 0 Å². The number of H-pyrrole nitrogens is 1. The van der Waals surface area contributed by atoms with Gasteiger partial charge in [-0.2, -0.15) is 5.10 Å². The summed E-state index contributed by atoms with van der Waals surface area (Å²) in [5, 5.41) is 6.94. The van der Waals surface area contributed by atoms with Crippen LogP contribution in [0.25, 0.3) is 0 Å². The predicted molar refractivity (Wildman–Crippen MR) is 70.4 cm³/mol. The Bertz CT molecular complexity index is 412. The summed E-state index contributed by atoms with van der Waals surface area (Å²) in [5.41, 5.74) is 0.972. The fraction of sp³-hybridized carbons (Fsp3) is 0.714. The Kier molecular flexibility index (Phi) is 3.82. The van der Waals surface area contributed by atoms with E-state index in [1.54, 1.807) is 6.20 Å². The highest BCUT2D eigenvalue weighted by Crippen LogP contribution is 2.30. The van der Waals surface area contributed by atoms with Crippen molar-refractivity contribution in [1.29, 1.82) is 0 Å². The zero-order chi connectivity index (χ0) is 13.1. The molecule has 0 unspecified atom stereocenters. The van der Waals surface area contributed by atoms with Gasteiger partial charge in [-0.05, 0) is 24.8 Å². The normalized spacial score (nSPS) is 24.8. The summed E-state index contributed by atoms with van der Waals surface area (Å²) in [7, 11) is 0. The number of amides is 1. The molecule has 1 aliphatic carbocycles. The molecule has 1 aromatic rings. The number of hydrogen-bond acceptors (Lipinski definition) is 3. The van der Waals surface area contributed by atoms with Crippen molar-refractivity contribution in [3.8, 4) is 0 Å². The average molecular weight is 263 g/mol. The number of nitrogens with one attached hydrogen (secondary N) is 1. The first kappa shape index (κ1) is 12.7. The van der Waals surface area contributed by atoms with Crippen molar-refractivity contribution in [3.63, 3.8) is 0 Å². The molecule has 0 spiro atoms. The molecule has 1 aromatic heterocycles. The fourth-order valence-corrected chi connectivity index (χ4v) is 3.19. The minimum absolute atomic E-state index is 0.00477. The quantitative estimate of drug-likeness (QED) is 0.906. The highest BCUT2D eigenvalue weighted by atomic mass is 16.5. The SMILES string of the molecule is O=C(CC1CCCC1)N1CCOC[C@H]1c1ccn[nH]1. The van der Waals surface area contributed by atoms with Crippen molar-refractivity contribution in [2.75, 3.05) is 19.8 Å². The second kappa shape index (κ2) is 5.74. The van der Waals surface area contributed by atoms with Gasteiger partial charge in [-0.25, -0.2) is 0 Å². The topological polar surface area (TPSA) is 58.2 Å². The second-order valence-corrected chi connectivity index (χ2v) is 5.54. The van der Waals surface area contributed by atoms with Gasteiger partial charge < -0.3 is 9.64 Å². The maximum absolute atomic E-state index is 12.5. The molecule has 1 N–H and O–H groups in total. The van der Waals surface area contributed by atoms with Gasteiger partial charge in [0.05, 0.1) is 24.9 Å². The van der Waals surface area contributed by atoms with Crippen molar-refractivity contribution in [3.05, 3.63) is 18.0 Å². The number of aromatic nitrogens is 2. The zero-order valence-electron chi connectivity index (χ0n) is 11.2. The highest BCUT2D eigenvalue weighted by molar-refractivity contribution is 5.77. The summed E-state index contributed by atoms with van der Waals surface area (Å²) in [6.45, 7) is 1.90. The van der Waals surface area contributed by atoms with Crippen molar-refractivity contribution >= 4 is 5.91 Å². The van der Waals surface area contributed by atoms with Crippen LogP contribution in [-0.4, -0.2) is 40.8 Å². The number of aromatic amines is 1. The van der Waals surface area contributed by atoms with E-state index >= 15 is 0 Å². The molecule has 2 aliphatic rings. The van der Waals surface area contributed by atoms with E-state index in [1.165, 1.54) is 25.7 Å². The molecule has 1 aliphatic heterocycles. The van der Waals surface area contributed by atoms with E-state index in [4.69, 9.17) is 4.74 Å².